The number of para-hydroxylation sites is 1. The number of hydrogen-bond acceptors (Lipinski definition) is 1. The fraction of sp³-hybridized carbons (Fsp3) is 0.120. The smallest absolute Gasteiger partial charge is 0.0735 e. The summed E-state index contributed by atoms with van der Waals surface area (Å²) < 4.78 is 2.42. The van der Waals surface area contributed by atoms with Crippen molar-refractivity contribution in [2.24, 2.45) is 0 Å². The van der Waals surface area contributed by atoms with E-state index < -0.39 is 0 Å². The molecule has 1 aromatic heterocycles. The Morgan fingerprint density at radius 2 is 1.33 bits per heavy atom. The van der Waals surface area contributed by atoms with Crippen LogP contribution < -0.4 is 5.01 Å². The van der Waals surface area contributed by atoms with Gasteiger partial charge in [0.2, 0.25) is 0 Å². The summed E-state index contributed by atoms with van der Waals surface area (Å²) in [5.74, 6) is 0. The van der Waals surface area contributed by atoms with E-state index in [-0.39, 0.29) is 0 Å². The highest BCUT2D eigenvalue weighted by molar-refractivity contribution is 5.75. The van der Waals surface area contributed by atoms with Gasteiger partial charge in [-0.2, -0.15) is 0 Å². The molecule has 2 heteroatoms. The quantitative estimate of drug-likeness (QED) is 0.443. The van der Waals surface area contributed by atoms with Crippen molar-refractivity contribution in [2.45, 2.75) is 13.3 Å². The summed E-state index contributed by atoms with van der Waals surface area (Å²) >= 11 is 0. The third kappa shape index (κ3) is 2.65. The molecule has 2 heterocycles. The molecule has 0 spiro atoms. The molecule has 0 amide bonds. The van der Waals surface area contributed by atoms with E-state index in [4.69, 9.17) is 0 Å². The molecule has 4 aromatic rings. The van der Waals surface area contributed by atoms with E-state index in [2.05, 4.69) is 108 Å². The van der Waals surface area contributed by atoms with Gasteiger partial charge in [0, 0.05) is 17.7 Å². The summed E-state index contributed by atoms with van der Waals surface area (Å²) in [6.45, 7) is 3.21. The van der Waals surface area contributed by atoms with E-state index in [9.17, 15) is 0 Å². The Kier molecular flexibility index (Phi) is 3.83. The fourth-order valence-corrected chi connectivity index (χ4v) is 4.16. The van der Waals surface area contributed by atoms with Crippen LogP contribution in [0.15, 0.2) is 91.0 Å². The number of fused-ring (bicyclic) bond motifs is 1. The van der Waals surface area contributed by atoms with Crippen LogP contribution in [0, 0.1) is 6.92 Å². The average molecular weight is 350 g/mol. The molecule has 0 saturated carbocycles. The molecule has 0 atom stereocenters. The summed E-state index contributed by atoms with van der Waals surface area (Å²) in [6, 6.07) is 32.5. The lowest BCUT2D eigenvalue weighted by molar-refractivity contribution is 0.736. The minimum atomic E-state index is 0.993. The lowest BCUT2D eigenvalue weighted by Crippen LogP contribution is -2.29. The second-order valence-corrected chi connectivity index (χ2v) is 7.11. The predicted molar refractivity (Wildman–Crippen MR) is 113 cm³/mol. The summed E-state index contributed by atoms with van der Waals surface area (Å²) in [5.41, 5.74) is 9.03. The van der Waals surface area contributed by atoms with Gasteiger partial charge in [-0.15, -0.1) is 0 Å². The molecule has 2 nitrogen and oxygen atoms in total. The molecular formula is C25H22N2. The van der Waals surface area contributed by atoms with Crippen LogP contribution in [-0.2, 0) is 6.42 Å². The van der Waals surface area contributed by atoms with E-state index in [1.165, 1.54) is 39.3 Å². The first-order valence-corrected chi connectivity index (χ1v) is 9.52. The summed E-state index contributed by atoms with van der Waals surface area (Å²) in [4.78, 5) is 0. The summed E-state index contributed by atoms with van der Waals surface area (Å²) in [5, 5.41) is 2.44. The second kappa shape index (κ2) is 6.48. The molecule has 1 aliphatic heterocycles. The molecule has 5 rings (SSSR count). The molecule has 27 heavy (non-hydrogen) atoms. The molecule has 0 N–H and O–H groups in total. The van der Waals surface area contributed by atoms with E-state index in [1.54, 1.807) is 0 Å². The lowest BCUT2D eigenvalue weighted by atomic mass is 10.1. The largest absolute Gasteiger partial charge is 0.280 e. The predicted octanol–water partition coefficient (Wildman–Crippen LogP) is 5.96. The Hall–Kier alpha value is -3.26. The van der Waals surface area contributed by atoms with Crippen molar-refractivity contribution < 1.29 is 0 Å². The molecule has 0 radical (unpaired) electrons. The average Bonchev–Trinajstić information content (AvgIpc) is 3.30. The van der Waals surface area contributed by atoms with Crippen LogP contribution in [0.5, 0.6) is 0 Å². The fourth-order valence-electron chi connectivity index (χ4n) is 4.16. The monoisotopic (exact) mass is 350 g/mol. The van der Waals surface area contributed by atoms with Crippen molar-refractivity contribution in [3.05, 3.63) is 102 Å². The highest BCUT2D eigenvalue weighted by atomic mass is 15.6. The maximum Gasteiger partial charge on any atom is 0.0735 e. The molecule has 0 aliphatic carbocycles. The molecule has 0 fully saturated rings. The van der Waals surface area contributed by atoms with E-state index >= 15 is 0 Å². The minimum absolute atomic E-state index is 0.993. The third-order valence-corrected chi connectivity index (χ3v) is 5.39. The normalized spacial score (nSPS) is 13.0. The van der Waals surface area contributed by atoms with Gasteiger partial charge in [-0.1, -0.05) is 78.9 Å². The Morgan fingerprint density at radius 3 is 2.07 bits per heavy atom. The van der Waals surface area contributed by atoms with Gasteiger partial charge in [0.25, 0.3) is 0 Å². The number of rotatable bonds is 3. The first-order valence-electron chi connectivity index (χ1n) is 9.52. The number of hydrogen-bond donors (Lipinski definition) is 0. The molecular weight excluding hydrogens is 328 g/mol. The van der Waals surface area contributed by atoms with Crippen molar-refractivity contribution in [1.29, 1.82) is 0 Å². The van der Waals surface area contributed by atoms with Crippen LogP contribution in [0.4, 0.5) is 5.69 Å². The van der Waals surface area contributed by atoms with Gasteiger partial charge < -0.3 is 0 Å². The van der Waals surface area contributed by atoms with Gasteiger partial charge in [0.15, 0.2) is 0 Å². The topological polar surface area (TPSA) is 8.17 Å². The van der Waals surface area contributed by atoms with Gasteiger partial charge in [0.05, 0.1) is 17.1 Å². The second-order valence-electron chi connectivity index (χ2n) is 7.11. The van der Waals surface area contributed by atoms with E-state index in [0.29, 0.717) is 0 Å². The minimum Gasteiger partial charge on any atom is -0.280 e. The molecule has 1 aliphatic rings. The van der Waals surface area contributed by atoms with Crippen molar-refractivity contribution in [3.8, 4) is 22.5 Å². The highest BCUT2D eigenvalue weighted by Crippen LogP contribution is 2.37. The van der Waals surface area contributed by atoms with Crippen LogP contribution in [0.2, 0.25) is 0 Å². The molecule has 132 valence electrons. The van der Waals surface area contributed by atoms with Crippen molar-refractivity contribution in [3.63, 3.8) is 0 Å². The first-order chi connectivity index (χ1) is 13.3. The summed E-state index contributed by atoms with van der Waals surface area (Å²) in [7, 11) is 0. The zero-order chi connectivity index (χ0) is 18.2. The molecule has 0 saturated heterocycles. The SMILES string of the molecule is Cc1cc(-c2ccccc2)n(N2CCc3ccccc32)c1-c1ccccc1. The number of anilines is 1. The number of nitrogens with zero attached hydrogens (tertiary/aromatic N) is 2. The van der Waals surface area contributed by atoms with Gasteiger partial charge in [0.1, 0.15) is 0 Å². The number of aryl methyl sites for hydroxylation is 1. The standard InChI is InChI=1S/C25H22N2/c1-19-18-24(20-10-4-2-5-11-20)27(25(19)22-13-6-3-7-14-22)26-17-16-21-12-8-9-15-23(21)26/h2-15,18H,16-17H2,1H3. The molecule has 0 unspecified atom stereocenters. The number of benzene rings is 3. The van der Waals surface area contributed by atoms with Gasteiger partial charge in [-0.3, -0.25) is 9.69 Å². The zero-order valence-corrected chi connectivity index (χ0v) is 15.5. The number of aromatic nitrogens is 1. The zero-order valence-electron chi connectivity index (χ0n) is 15.5. The van der Waals surface area contributed by atoms with Gasteiger partial charge >= 0.3 is 0 Å². The van der Waals surface area contributed by atoms with Crippen molar-refractivity contribution >= 4 is 5.69 Å². The van der Waals surface area contributed by atoms with Gasteiger partial charge in [-0.05, 0) is 36.6 Å². The van der Waals surface area contributed by atoms with E-state index in [1.807, 2.05) is 0 Å². The lowest BCUT2D eigenvalue weighted by Gasteiger charge is -2.27. The van der Waals surface area contributed by atoms with Crippen LogP contribution in [0.25, 0.3) is 22.5 Å². The van der Waals surface area contributed by atoms with Crippen molar-refractivity contribution in [2.75, 3.05) is 11.6 Å². The Labute approximate surface area is 160 Å². The third-order valence-electron chi connectivity index (χ3n) is 5.39. The van der Waals surface area contributed by atoms with Crippen molar-refractivity contribution in [1.82, 2.24) is 4.68 Å². The van der Waals surface area contributed by atoms with Crippen LogP contribution in [0.1, 0.15) is 11.1 Å². The van der Waals surface area contributed by atoms with Crippen LogP contribution in [0.3, 0.4) is 0 Å². The van der Waals surface area contributed by atoms with Crippen LogP contribution >= 0.6 is 0 Å². The van der Waals surface area contributed by atoms with Crippen LogP contribution in [-0.4, -0.2) is 11.2 Å². The maximum atomic E-state index is 2.44. The Morgan fingerprint density at radius 1 is 0.704 bits per heavy atom. The molecule has 3 aromatic carbocycles. The highest BCUT2D eigenvalue weighted by Gasteiger charge is 2.26. The van der Waals surface area contributed by atoms with Gasteiger partial charge in [-0.25, -0.2) is 0 Å². The summed E-state index contributed by atoms with van der Waals surface area (Å²) in [6.07, 6.45) is 1.08. The first kappa shape index (κ1) is 16.0. The maximum absolute atomic E-state index is 2.44. The Balaban J connectivity index is 1.78. The van der Waals surface area contributed by atoms with E-state index in [0.717, 1.165) is 13.0 Å². The Bertz CT molecular complexity index is 1080. The molecule has 0 bridgehead atoms.